The molecular weight excluding hydrogens is 305 g/mol. The van der Waals surface area contributed by atoms with Crippen LogP contribution in [0.3, 0.4) is 0 Å². The second-order valence-electron chi connectivity index (χ2n) is 2.28. The number of hydrogen-bond donors (Lipinski definition) is 1. The molecule has 0 unspecified atom stereocenters. The summed E-state index contributed by atoms with van der Waals surface area (Å²) in [5.74, 6) is 0. The van der Waals surface area contributed by atoms with E-state index in [1.54, 1.807) is 4.44 Å². The third-order valence-corrected chi connectivity index (χ3v) is 8.03. The van der Waals surface area contributed by atoms with Crippen LogP contribution in [0.1, 0.15) is 19.3 Å². The van der Waals surface area contributed by atoms with Gasteiger partial charge in [-0.2, -0.15) is 14.2 Å². The van der Waals surface area contributed by atoms with Gasteiger partial charge in [-0.1, -0.05) is 0 Å². The van der Waals surface area contributed by atoms with Gasteiger partial charge in [0.25, 0.3) is 0 Å². The normalized spacial score (nSPS) is 7.57. The summed E-state index contributed by atoms with van der Waals surface area (Å²) in [6.45, 7) is 0.883. The quantitative estimate of drug-likeness (QED) is 0.506. The van der Waals surface area contributed by atoms with E-state index < -0.39 is 0 Å². The van der Waals surface area contributed by atoms with Crippen LogP contribution in [0.25, 0.3) is 0 Å². The summed E-state index contributed by atoms with van der Waals surface area (Å²) in [5, 5.41) is 16.5. The predicted molar refractivity (Wildman–Crippen MR) is 63.7 cm³/mol. The Hall–Kier alpha value is 1.03. The number of nitrogens with two attached hydrogens (primary N) is 1. The van der Waals surface area contributed by atoms with Crippen molar-refractivity contribution in [1.29, 1.82) is 0 Å². The standard InChI is InChI=1S/C5H12N.C2H5S.2CH3O.Sn/c1-2-3-4-5-6;1-3-2;2*1-2;/h1-6H2;1H2,2H3;2*1H3;/q;;2*-1;+2. The molecule has 0 aliphatic heterocycles. The predicted octanol–water partition coefficient (Wildman–Crippen LogP) is -0.489. The van der Waals surface area contributed by atoms with Crippen LogP contribution < -0.4 is 15.9 Å². The first-order chi connectivity index (χ1) is 6.91. The van der Waals surface area contributed by atoms with E-state index >= 15 is 0 Å². The molecule has 14 heavy (non-hydrogen) atoms. The van der Waals surface area contributed by atoms with Crippen molar-refractivity contribution in [2.75, 3.05) is 30.8 Å². The van der Waals surface area contributed by atoms with Gasteiger partial charge in [0.05, 0.1) is 0 Å². The van der Waals surface area contributed by atoms with Crippen molar-refractivity contribution in [3.05, 3.63) is 0 Å². The second kappa shape index (κ2) is 29.2. The van der Waals surface area contributed by atoms with Crippen molar-refractivity contribution < 1.29 is 10.2 Å². The first-order valence-electron chi connectivity index (χ1n) is 4.63. The molecule has 0 rings (SSSR count). The molecule has 0 atom stereocenters. The van der Waals surface area contributed by atoms with Crippen LogP contribution in [-0.4, -0.2) is 51.9 Å². The zero-order chi connectivity index (χ0) is 11.7. The molecule has 86 valence electrons. The maximum atomic E-state index is 8.25. The zero-order valence-corrected chi connectivity index (χ0v) is 13.2. The largest absolute Gasteiger partial charge is 0.857 e. The summed E-state index contributed by atoms with van der Waals surface area (Å²) in [6.07, 6.45) is 6.26. The van der Waals surface area contributed by atoms with Gasteiger partial charge in [-0.25, -0.2) is 0 Å². The van der Waals surface area contributed by atoms with E-state index in [4.69, 9.17) is 15.9 Å². The fourth-order valence-electron chi connectivity index (χ4n) is 0.745. The topological polar surface area (TPSA) is 72.1 Å². The molecule has 0 radical (unpaired) electrons. The molecule has 2 N–H and O–H groups in total. The fourth-order valence-corrected chi connectivity index (χ4v) is 5.50. The maximum absolute atomic E-state index is 8.25. The monoisotopic (exact) mass is 329 g/mol. The Morgan fingerprint density at radius 3 is 2.07 bits per heavy atom. The SMILES string of the molecule is CS[CH2][Sn+2][CH2]CCCCN.C[O-].C[O-]. The molecule has 0 saturated heterocycles. The average molecular weight is 328 g/mol. The Labute approximate surface area is 103 Å². The van der Waals surface area contributed by atoms with E-state index in [9.17, 15) is 0 Å². The van der Waals surface area contributed by atoms with Crippen molar-refractivity contribution in [2.45, 2.75) is 23.7 Å². The van der Waals surface area contributed by atoms with E-state index in [2.05, 4.69) is 6.26 Å². The molecule has 0 aromatic heterocycles. The molecule has 0 heterocycles. The van der Waals surface area contributed by atoms with Crippen molar-refractivity contribution in [3.8, 4) is 0 Å². The maximum Gasteiger partial charge on any atom is -0.153 e. The van der Waals surface area contributed by atoms with Crippen LogP contribution in [0.4, 0.5) is 0 Å². The van der Waals surface area contributed by atoms with Crippen molar-refractivity contribution >= 4 is 32.9 Å². The third-order valence-electron chi connectivity index (χ3n) is 1.30. The van der Waals surface area contributed by atoms with Gasteiger partial charge in [-0.3, -0.25) is 0 Å². The minimum Gasteiger partial charge on any atom is -0.857 e. The minimum atomic E-state index is 0.0646. The first-order valence-corrected chi connectivity index (χ1v) is 10.1. The number of hydrogen-bond acceptors (Lipinski definition) is 4. The molecule has 0 aromatic carbocycles. The molecule has 3 nitrogen and oxygen atoms in total. The van der Waals surface area contributed by atoms with E-state index in [-0.39, 0.29) is 21.1 Å². The summed E-state index contributed by atoms with van der Waals surface area (Å²) in [7, 11) is 1.50. The van der Waals surface area contributed by atoms with Gasteiger partial charge in [0.15, 0.2) is 0 Å². The Balaban J connectivity index is -0.000000266. The van der Waals surface area contributed by atoms with Crippen molar-refractivity contribution in [1.82, 2.24) is 0 Å². The summed E-state index contributed by atoms with van der Waals surface area (Å²) in [4.78, 5) is 0. The summed E-state index contributed by atoms with van der Waals surface area (Å²) >= 11 is 2.08. The Morgan fingerprint density at radius 1 is 1.07 bits per heavy atom. The molecule has 0 saturated carbocycles. The molecule has 0 spiro atoms. The molecule has 0 amide bonds. The van der Waals surface area contributed by atoms with Gasteiger partial charge < -0.3 is 10.2 Å². The van der Waals surface area contributed by atoms with Gasteiger partial charge >= 0.3 is 78.9 Å². The van der Waals surface area contributed by atoms with E-state index in [0.717, 1.165) is 20.8 Å². The summed E-state index contributed by atoms with van der Waals surface area (Å²) in [5.41, 5.74) is 5.38. The first kappa shape index (κ1) is 20.4. The van der Waals surface area contributed by atoms with Gasteiger partial charge in [0.2, 0.25) is 0 Å². The summed E-state index contributed by atoms with van der Waals surface area (Å²) in [6, 6.07) is 0. The zero-order valence-electron chi connectivity index (χ0n) is 9.54. The fraction of sp³-hybridized carbons (Fsp3) is 1.00. The molecule has 5 heteroatoms. The van der Waals surface area contributed by atoms with Crippen LogP contribution in [-0.2, 0) is 0 Å². The second-order valence-corrected chi connectivity index (χ2v) is 8.47. The number of rotatable bonds is 7. The molecular formula is C9H23NO2SSn. The molecule has 0 fully saturated rings. The number of thioether (sulfide) groups is 1. The van der Waals surface area contributed by atoms with E-state index in [1.165, 1.54) is 23.0 Å². The van der Waals surface area contributed by atoms with Gasteiger partial charge in [-0.05, 0) is 0 Å². The van der Waals surface area contributed by atoms with Gasteiger partial charge in [0.1, 0.15) is 0 Å². The Bertz CT molecular complexity index is 62.8. The molecule has 0 aromatic rings. The van der Waals surface area contributed by atoms with E-state index in [0.29, 0.717) is 0 Å². The van der Waals surface area contributed by atoms with Gasteiger partial charge in [0, 0.05) is 0 Å². The summed E-state index contributed by atoms with van der Waals surface area (Å²) < 4.78 is 3.05. The molecule has 0 aliphatic carbocycles. The van der Waals surface area contributed by atoms with Crippen LogP contribution in [0.2, 0.25) is 4.44 Å². The minimum absolute atomic E-state index is 0.0646. The Morgan fingerprint density at radius 2 is 1.64 bits per heavy atom. The van der Waals surface area contributed by atoms with Crippen LogP contribution in [0, 0.1) is 0 Å². The van der Waals surface area contributed by atoms with Crippen LogP contribution in [0.15, 0.2) is 0 Å². The van der Waals surface area contributed by atoms with Crippen molar-refractivity contribution in [2.24, 2.45) is 5.73 Å². The Kier molecular flexibility index (Phi) is 42.7. The van der Waals surface area contributed by atoms with Crippen LogP contribution >= 0.6 is 11.8 Å². The average Bonchev–Trinajstić information content (AvgIpc) is 2.29. The van der Waals surface area contributed by atoms with Crippen LogP contribution in [0.5, 0.6) is 0 Å². The van der Waals surface area contributed by atoms with Gasteiger partial charge in [-0.15, -0.1) is 0 Å². The molecule has 0 aliphatic rings. The van der Waals surface area contributed by atoms with Crippen molar-refractivity contribution in [3.63, 3.8) is 0 Å². The third kappa shape index (κ3) is 29.2. The smallest absolute Gasteiger partial charge is 0.153 e. The number of unbranched alkanes of at least 4 members (excludes halogenated alkanes) is 2. The van der Waals surface area contributed by atoms with E-state index in [1.807, 2.05) is 11.8 Å². The molecule has 0 bridgehead atoms.